The summed E-state index contributed by atoms with van der Waals surface area (Å²) in [5.41, 5.74) is 0. The number of nitrogens with zero attached hydrogens (tertiary/aromatic N) is 2. The Hall–Kier alpha value is -1.03. The fourth-order valence-corrected chi connectivity index (χ4v) is 5.51. The summed E-state index contributed by atoms with van der Waals surface area (Å²) in [6.45, 7) is 2.06. The molecule has 2 bridgehead atoms. The summed E-state index contributed by atoms with van der Waals surface area (Å²) in [6, 6.07) is 3.95. The second-order valence-corrected chi connectivity index (χ2v) is 7.82. The molecule has 0 spiro atoms. The average molecular weight is 302 g/mol. The fourth-order valence-electron chi connectivity index (χ4n) is 4.73. The molecule has 2 atom stereocenters. The Bertz CT molecular complexity index is 493. The summed E-state index contributed by atoms with van der Waals surface area (Å²) in [4.78, 5) is 19.8. The Morgan fingerprint density at radius 3 is 2.24 bits per heavy atom. The maximum Gasteiger partial charge on any atom is 0.232 e. The molecule has 5 rings (SSSR count). The standard InChI is InChI=1S/C17H22N2OS/c20-17(11-21-14-5-7-18-8-6-14)19-9-15-12-1-2-13(4-3-12)16(15)10-19/h5-8,12-13,15-16H,1-4,9-11H2/t12?,13?,15-,16+. The first-order valence-corrected chi connectivity index (χ1v) is 9.10. The van der Waals surface area contributed by atoms with E-state index in [4.69, 9.17) is 0 Å². The van der Waals surface area contributed by atoms with E-state index in [1.165, 1.54) is 25.7 Å². The minimum atomic E-state index is 0.325. The quantitative estimate of drug-likeness (QED) is 0.805. The average Bonchev–Trinajstić information content (AvgIpc) is 3.02. The van der Waals surface area contributed by atoms with Crippen molar-refractivity contribution in [3.8, 4) is 0 Å². The van der Waals surface area contributed by atoms with Gasteiger partial charge < -0.3 is 4.90 Å². The molecule has 3 nitrogen and oxygen atoms in total. The molecule has 2 heterocycles. The molecular formula is C17H22N2OS. The number of hydrogen-bond donors (Lipinski definition) is 0. The predicted molar refractivity (Wildman–Crippen MR) is 84.0 cm³/mol. The summed E-state index contributed by atoms with van der Waals surface area (Å²) in [6.07, 6.45) is 9.24. The van der Waals surface area contributed by atoms with E-state index in [9.17, 15) is 4.79 Å². The van der Waals surface area contributed by atoms with E-state index in [0.717, 1.165) is 41.7 Å². The van der Waals surface area contributed by atoms with Gasteiger partial charge in [-0.1, -0.05) is 0 Å². The first-order valence-electron chi connectivity index (χ1n) is 8.12. The first kappa shape index (κ1) is 13.6. The summed E-state index contributed by atoms with van der Waals surface area (Å²) in [5, 5.41) is 0. The number of amides is 1. The molecule has 0 N–H and O–H groups in total. The normalized spacial score (nSPS) is 34.0. The molecule has 1 amide bonds. The van der Waals surface area contributed by atoms with Crippen LogP contribution in [-0.4, -0.2) is 34.6 Å². The van der Waals surface area contributed by atoms with E-state index in [-0.39, 0.29) is 0 Å². The first-order chi connectivity index (χ1) is 10.3. The van der Waals surface area contributed by atoms with Crippen molar-refractivity contribution in [1.82, 2.24) is 9.88 Å². The Morgan fingerprint density at radius 2 is 1.67 bits per heavy atom. The highest BCUT2D eigenvalue weighted by Gasteiger charge is 2.48. The van der Waals surface area contributed by atoms with E-state index >= 15 is 0 Å². The monoisotopic (exact) mass is 302 g/mol. The van der Waals surface area contributed by atoms with E-state index < -0.39 is 0 Å². The van der Waals surface area contributed by atoms with Crippen LogP contribution in [0.3, 0.4) is 0 Å². The number of fused-ring (bicyclic) bond motifs is 2. The van der Waals surface area contributed by atoms with Gasteiger partial charge in [0.25, 0.3) is 0 Å². The second kappa shape index (κ2) is 5.64. The Kier molecular flexibility index (Phi) is 3.66. The molecule has 4 heteroatoms. The van der Waals surface area contributed by atoms with Gasteiger partial charge in [-0.25, -0.2) is 0 Å². The molecule has 1 aromatic heterocycles. The molecule has 4 aliphatic rings. The van der Waals surface area contributed by atoms with E-state index in [1.54, 1.807) is 24.2 Å². The maximum absolute atomic E-state index is 12.5. The molecule has 21 heavy (non-hydrogen) atoms. The molecule has 0 aromatic carbocycles. The number of carbonyl (C=O) groups excluding carboxylic acids is 1. The number of likely N-dealkylation sites (tertiary alicyclic amines) is 1. The lowest BCUT2D eigenvalue weighted by molar-refractivity contribution is -0.127. The van der Waals surface area contributed by atoms with Gasteiger partial charge in [0.2, 0.25) is 5.91 Å². The van der Waals surface area contributed by atoms with E-state index in [2.05, 4.69) is 9.88 Å². The van der Waals surface area contributed by atoms with Gasteiger partial charge in [-0.15, -0.1) is 11.8 Å². The number of aromatic nitrogens is 1. The van der Waals surface area contributed by atoms with Gasteiger partial charge >= 0.3 is 0 Å². The minimum Gasteiger partial charge on any atom is -0.341 e. The van der Waals surface area contributed by atoms with Crippen LogP contribution in [0.1, 0.15) is 25.7 Å². The molecule has 1 aromatic rings. The van der Waals surface area contributed by atoms with Gasteiger partial charge in [0, 0.05) is 30.4 Å². The lowest BCUT2D eigenvalue weighted by Crippen LogP contribution is -2.38. The van der Waals surface area contributed by atoms with Crippen LogP contribution in [0.5, 0.6) is 0 Å². The summed E-state index contributed by atoms with van der Waals surface area (Å²) < 4.78 is 0. The summed E-state index contributed by atoms with van der Waals surface area (Å²) >= 11 is 1.63. The van der Waals surface area contributed by atoms with E-state index in [0.29, 0.717) is 11.7 Å². The highest BCUT2D eigenvalue weighted by atomic mass is 32.2. The van der Waals surface area contributed by atoms with Crippen molar-refractivity contribution in [3.63, 3.8) is 0 Å². The topological polar surface area (TPSA) is 33.2 Å². The van der Waals surface area contributed by atoms with Crippen LogP contribution in [0.25, 0.3) is 0 Å². The van der Waals surface area contributed by atoms with Crippen LogP contribution in [0.4, 0.5) is 0 Å². The zero-order chi connectivity index (χ0) is 14.2. The molecule has 4 fully saturated rings. The highest BCUT2D eigenvalue weighted by molar-refractivity contribution is 8.00. The van der Waals surface area contributed by atoms with Crippen molar-refractivity contribution in [2.24, 2.45) is 23.7 Å². The highest BCUT2D eigenvalue weighted by Crippen LogP contribution is 2.51. The molecule has 112 valence electrons. The molecule has 3 saturated carbocycles. The number of pyridine rings is 1. The Labute approximate surface area is 130 Å². The van der Waals surface area contributed by atoms with Crippen molar-refractivity contribution in [2.45, 2.75) is 30.6 Å². The lowest BCUT2D eigenvalue weighted by atomic mass is 9.60. The van der Waals surface area contributed by atoms with Crippen molar-refractivity contribution in [3.05, 3.63) is 24.5 Å². The predicted octanol–water partition coefficient (Wildman–Crippen LogP) is 3.07. The molecule has 0 radical (unpaired) electrons. The third-order valence-electron chi connectivity index (χ3n) is 5.80. The van der Waals surface area contributed by atoms with Crippen LogP contribution in [0.15, 0.2) is 29.4 Å². The van der Waals surface area contributed by atoms with Crippen LogP contribution in [-0.2, 0) is 4.79 Å². The second-order valence-electron chi connectivity index (χ2n) is 6.77. The SMILES string of the molecule is O=C(CSc1ccncc1)N1C[C@@H]2C3CCC(CC3)[C@@H]2C1. The molecular weight excluding hydrogens is 280 g/mol. The largest absolute Gasteiger partial charge is 0.341 e. The fraction of sp³-hybridized carbons (Fsp3) is 0.647. The van der Waals surface area contributed by atoms with Gasteiger partial charge in [0.15, 0.2) is 0 Å². The van der Waals surface area contributed by atoms with Crippen LogP contribution >= 0.6 is 11.8 Å². The zero-order valence-corrected chi connectivity index (χ0v) is 13.1. The molecule has 0 unspecified atom stereocenters. The number of hydrogen-bond acceptors (Lipinski definition) is 3. The van der Waals surface area contributed by atoms with Crippen molar-refractivity contribution >= 4 is 17.7 Å². The van der Waals surface area contributed by atoms with Crippen molar-refractivity contribution < 1.29 is 4.79 Å². The van der Waals surface area contributed by atoms with Crippen molar-refractivity contribution in [2.75, 3.05) is 18.8 Å². The van der Waals surface area contributed by atoms with Crippen LogP contribution in [0, 0.1) is 23.7 Å². The smallest absolute Gasteiger partial charge is 0.232 e. The Morgan fingerprint density at radius 1 is 1.10 bits per heavy atom. The lowest BCUT2D eigenvalue weighted by Gasteiger charge is -2.44. The molecule has 1 saturated heterocycles. The minimum absolute atomic E-state index is 0.325. The molecule has 3 aliphatic carbocycles. The number of thioether (sulfide) groups is 1. The van der Waals surface area contributed by atoms with Gasteiger partial charge in [-0.05, 0) is 61.5 Å². The summed E-state index contributed by atoms with van der Waals surface area (Å²) in [7, 11) is 0. The number of carbonyl (C=O) groups is 1. The van der Waals surface area contributed by atoms with Gasteiger partial charge in [0.1, 0.15) is 0 Å². The van der Waals surface area contributed by atoms with Gasteiger partial charge in [-0.2, -0.15) is 0 Å². The maximum atomic E-state index is 12.5. The zero-order valence-electron chi connectivity index (χ0n) is 12.3. The van der Waals surface area contributed by atoms with E-state index in [1.807, 2.05) is 12.1 Å². The van der Waals surface area contributed by atoms with Gasteiger partial charge in [0.05, 0.1) is 5.75 Å². The molecule has 1 aliphatic heterocycles. The van der Waals surface area contributed by atoms with Gasteiger partial charge in [-0.3, -0.25) is 9.78 Å². The van der Waals surface area contributed by atoms with Crippen LogP contribution < -0.4 is 0 Å². The number of rotatable bonds is 3. The Balaban J connectivity index is 1.36. The third-order valence-corrected chi connectivity index (χ3v) is 6.80. The summed E-state index contributed by atoms with van der Waals surface area (Å²) in [5.74, 6) is 4.33. The van der Waals surface area contributed by atoms with Crippen molar-refractivity contribution in [1.29, 1.82) is 0 Å². The third kappa shape index (κ3) is 2.59. The van der Waals surface area contributed by atoms with Crippen LogP contribution in [0.2, 0.25) is 0 Å².